The van der Waals surface area contributed by atoms with Crippen LogP contribution in [0.15, 0.2) is 12.1 Å². The third-order valence-electron chi connectivity index (χ3n) is 5.65. The van der Waals surface area contributed by atoms with Gasteiger partial charge in [0.15, 0.2) is 23.4 Å². The number of ketones is 1. The Labute approximate surface area is 143 Å². The Bertz CT molecular complexity index is 991. The summed E-state index contributed by atoms with van der Waals surface area (Å²) in [4.78, 5) is 14.4. The van der Waals surface area contributed by atoms with Crippen molar-refractivity contribution in [3.8, 4) is 11.5 Å². The van der Waals surface area contributed by atoms with Gasteiger partial charge in [0, 0.05) is 31.6 Å². The molecule has 116 valence electrons. The number of ether oxygens (including phenoxy) is 2. The molecule has 0 amide bonds. The number of likely N-dealkylation sites (tertiary alicyclic amines) is 1. The number of methoxy groups -OCH3 is 1. The van der Waals surface area contributed by atoms with E-state index in [0.29, 0.717) is 11.1 Å². The third kappa shape index (κ3) is 1.27. The molecule has 22 heavy (non-hydrogen) atoms. The van der Waals surface area contributed by atoms with Crippen molar-refractivity contribution in [2.75, 3.05) is 20.6 Å². The number of Topliss-reactive ketones (excluding diaryl/α,β-unsaturated/α-hetero) is 1. The molecule has 1 unspecified atom stereocenters. The highest BCUT2D eigenvalue weighted by Crippen LogP contribution is 2.62. The summed E-state index contributed by atoms with van der Waals surface area (Å²) in [6.07, 6.45) is -3.92. The van der Waals surface area contributed by atoms with Gasteiger partial charge < -0.3 is 14.4 Å². The van der Waals surface area contributed by atoms with Gasteiger partial charge in [-0.05, 0) is 50.3 Å². The first-order valence-electron chi connectivity index (χ1n) is 11.9. The molecule has 1 aromatic carbocycles. The highest BCUT2D eigenvalue weighted by molar-refractivity contribution is 5.89. The van der Waals surface area contributed by atoms with Crippen molar-refractivity contribution < 1.29 is 26.6 Å². The van der Waals surface area contributed by atoms with Gasteiger partial charge in [0.2, 0.25) is 0 Å². The number of likely N-dealkylation sites (N-methyl/N-ethyl adjacent to an activating group) is 1. The SMILES string of the molecule is [2H]C([2H])([2H])Oc1ccc2c3c1OC1C(=O)C([2H])([2H])C[C@@]4([2H])[C@@H](C2)N(C([2H])([2H])[2H])CC[C@]314. The maximum absolute atomic E-state index is 13.1. The Morgan fingerprint density at radius 3 is 3.41 bits per heavy atom. The van der Waals surface area contributed by atoms with E-state index in [1.807, 2.05) is 0 Å². The normalized spacial score (nSPS) is 51.3. The molecule has 1 aromatic rings. The fraction of sp³-hybridized carbons (Fsp3) is 0.611. The van der Waals surface area contributed by atoms with Crippen LogP contribution in [0.3, 0.4) is 0 Å². The maximum Gasteiger partial charge on any atom is 0.174 e. The second-order valence-corrected chi connectivity index (χ2v) is 6.40. The second kappa shape index (κ2) is 4.05. The minimum Gasteiger partial charge on any atom is -0.493 e. The number of carbonyl (C=O) groups is 1. The summed E-state index contributed by atoms with van der Waals surface area (Å²) >= 11 is 0. The maximum atomic E-state index is 13.1. The Balaban J connectivity index is 1.78. The number of hydrogen-bond donors (Lipinski definition) is 0. The van der Waals surface area contributed by atoms with Gasteiger partial charge in [-0.25, -0.2) is 0 Å². The predicted molar refractivity (Wildman–Crippen MR) is 81.6 cm³/mol. The zero-order valence-corrected chi connectivity index (χ0v) is 11.8. The molecule has 0 radical (unpaired) electrons. The molecule has 2 aliphatic carbocycles. The van der Waals surface area contributed by atoms with Crippen molar-refractivity contribution in [2.45, 2.75) is 43.2 Å². The summed E-state index contributed by atoms with van der Waals surface area (Å²) in [5.74, 6) is -2.49. The zero-order chi connectivity index (χ0) is 22.8. The minimum atomic E-state index is -2.77. The molecule has 2 aliphatic heterocycles. The van der Waals surface area contributed by atoms with Crippen LogP contribution in [0.25, 0.3) is 0 Å². The molecule has 1 saturated carbocycles. The summed E-state index contributed by atoms with van der Waals surface area (Å²) < 4.78 is 83.3. The standard InChI is InChI=1S/C18H21NO3/c1-19-8-7-18-11-4-5-13(20)17(18)22-16-14(21-2)6-3-10(15(16)18)9-12(11)19/h3,6,11-12,17H,4-5,7-9H2,1-2H3/t11-,12+,17?,18-/m0/s1/i1D3,2D3,5D2,11D. The average Bonchev–Trinajstić information content (AvgIpc) is 2.92. The van der Waals surface area contributed by atoms with Gasteiger partial charge >= 0.3 is 0 Å². The lowest BCUT2D eigenvalue weighted by atomic mass is 9.52. The lowest BCUT2D eigenvalue weighted by Crippen LogP contribution is -2.65. The molecule has 2 fully saturated rings. The lowest BCUT2D eigenvalue weighted by Gasteiger charge is -2.57. The van der Waals surface area contributed by atoms with Crippen LogP contribution in [-0.2, 0) is 16.6 Å². The van der Waals surface area contributed by atoms with E-state index < -0.39 is 56.0 Å². The molecule has 4 aliphatic rings. The Morgan fingerprint density at radius 1 is 1.59 bits per heavy atom. The van der Waals surface area contributed by atoms with Gasteiger partial charge in [-0.3, -0.25) is 4.79 Å². The first-order chi connectivity index (χ1) is 14.1. The number of hydrogen-bond acceptors (Lipinski definition) is 4. The van der Waals surface area contributed by atoms with Crippen molar-refractivity contribution in [1.29, 1.82) is 0 Å². The van der Waals surface area contributed by atoms with Crippen LogP contribution in [0.1, 0.15) is 42.7 Å². The van der Waals surface area contributed by atoms with Crippen molar-refractivity contribution in [3.63, 3.8) is 0 Å². The predicted octanol–water partition coefficient (Wildman–Crippen LogP) is 1.93. The highest BCUT2D eigenvalue weighted by atomic mass is 16.5. The Morgan fingerprint density at radius 2 is 2.55 bits per heavy atom. The van der Waals surface area contributed by atoms with Crippen LogP contribution in [0, 0.1) is 5.89 Å². The largest absolute Gasteiger partial charge is 0.493 e. The van der Waals surface area contributed by atoms with E-state index in [1.54, 1.807) is 6.07 Å². The monoisotopic (exact) mass is 308 g/mol. The van der Waals surface area contributed by atoms with Crippen LogP contribution in [0.5, 0.6) is 11.5 Å². The number of rotatable bonds is 1. The van der Waals surface area contributed by atoms with E-state index in [9.17, 15) is 6.17 Å². The highest BCUT2D eigenvalue weighted by Gasteiger charge is 2.65. The molecule has 1 saturated heterocycles. The van der Waals surface area contributed by atoms with Crippen molar-refractivity contribution in [3.05, 3.63) is 23.3 Å². The summed E-state index contributed by atoms with van der Waals surface area (Å²) in [6, 6.07) is 2.20. The van der Waals surface area contributed by atoms with Gasteiger partial charge in [0.1, 0.15) is 0 Å². The molecule has 2 bridgehead atoms. The molecular formula is C18H21NO3. The van der Waals surface area contributed by atoms with E-state index in [0.717, 1.165) is 0 Å². The van der Waals surface area contributed by atoms with Crippen molar-refractivity contribution >= 4 is 5.78 Å². The van der Waals surface area contributed by atoms with Gasteiger partial charge in [-0.15, -0.1) is 0 Å². The first-order valence-corrected chi connectivity index (χ1v) is 7.45. The summed E-state index contributed by atoms with van der Waals surface area (Å²) in [5, 5.41) is 0. The Hall–Kier alpha value is -1.55. The first kappa shape index (κ1) is 6.91. The molecule has 4 heteroatoms. The van der Waals surface area contributed by atoms with Gasteiger partial charge in [-0.1, -0.05) is 6.07 Å². The van der Waals surface area contributed by atoms with Crippen LogP contribution < -0.4 is 9.47 Å². The molecular weight excluding hydrogens is 278 g/mol. The molecule has 1 spiro atoms. The third-order valence-corrected chi connectivity index (χ3v) is 5.65. The van der Waals surface area contributed by atoms with Crippen LogP contribution >= 0.6 is 0 Å². The molecule has 2 heterocycles. The summed E-state index contributed by atoms with van der Waals surface area (Å²) in [6.45, 7) is -2.39. The molecule has 4 nitrogen and oxygen atoms in total. The van der Waals surface area contributed by atoms with E-state index >= 15 is 0 Å². The van der Waals surface area contributed by atoms with Gasteiger partial charge in [0.05, 0.1) is 11.2 Å². The average molecular weight is 308 g/mol. The fourth-order valence-corrected chi connectivity index (χ4v) is 4.76. The van der Waals surface area contributed by atoms with E-state index in [2.05, 4.69) is 0 Å². The van der Waals surface area contributed by atoms with Crippen LogP contribution in [0.2, 0.25) is 0 Å². The Kier molecular flexibility index (Phi) is 1.27. The van der Waals surface area contributed by atoms with Crippen LogP contribution in [-0.4, -0.2) is 43.4 Å². The molecule has 0 aromatic heterocycles. The molecule has 5 rings (SSSR count). The van der Waals surface area contributed by atoms with Crippen molar-refractivity contribution in [2.24, 2.45) is 5.89 Å². The summed E-state index contributed by atoms with van der Waals surface area (Å²) in [5.41, 5.74) is -0.0916. The van der Waals surface area contributed by atoms with E-state index in [4.69, 9.17) is 20.4 Å². The van der Waals surface area contributed by atoms with E-state index in [1.165, 1.54) is 11.0 Å². The lowest BCUT2D eigenvalue weighted by molar-refractivity contribution is -0.138. The van der Waals surface area contributed by atoms with Crippen molar-refractivity contribution in [1.82, 2.24) is 4.90 Å². The molecule has 4 atom stereocenters. The van der Waals surface area contributed by atoms with Crippen LogP contribution in [0.4, 0.5) is 0 Å². The number of benzene rings is 1. The topological polar surface area (TPSA) is 38.8 Å². The molecule has 0 N–H and O–H groups in total. The van der Waals surface area contributed by atoms with E-state index in [-0.39, 0.29) is 30.9 Å². The van der Waals surface area contributed by atoms with Gasteiger partial charge in [0.25, 0.3) is 0 Å². The minimum absolute atomic E-state index is 0.0575. The smallest absolute Gasteiger partial charge is 0.174 e. The number of carbonyl (C=O) groups excluding carboxylic acids is 1. The quantitative estimate of drug-likeness (QED) is 0.795. The number of nitrogens with zero attached hydrogens (tertiary/aromatic N) is 1. The van der Waals surface area contributed by atoms with Gasteiger partial charge in [-0.2, -0.15) is 0 Å². The zero-order valence-electron chi connectivity index (χ0n) is 20.8. The number of piperidine rings is 1. The summed E-state index contributed by atoms with van der Waals surface area (Å²) in [7, 11) is -2.77. The fourth-order valence-electron chi connectivity index (χ4n) is 4.76. The second-order valence-electron chi connectivity index (χ2n) is 6.40.